The molecule has 0 aliphatic carbocycles. The number of carbonyl (C=O) groups is 2. The van der Waals surface area contributed by atoms with Crippen LogP contribution in [-0.4, -0.2) is 32.9 Å². The van der Waals surface area contributed by atoms with E-state index in [0.717, 1.165) is 5.52 Å². The number of benzene rings is 1. The number of nitrogens with one attached hydrogen (secondary N) is 1. The first-order chi connectivity index (χ1) is 11.7. The maximum Gasteiger partial charge on any atom is 0.284 e. The van der Waals surface area contributed by atoms with Gasteiger partial charge >= 0.3 is 0 Å². The molecule has 0 bridgehead atoms. The minimum absolute atomic E-state index is 0.134. The number of aromatic amines is 1. The molecule has 3 heterocycles. The number of H-pyrrole nitrogens is 1. The molecule has 0 spiro atoms. The van der Waals surface area contributed by atoms with Gasteiger partial charge in [0.05, 0.1) is 15.7 Å². The van der Waals surface area contributed by atoms with Crippen molar-refractivity contribution in [3.05, 3.63) is 60.3 Å². The van der Waals surface area contributed by atoms with E-state index in [1.54, 1.807) is 23.7 Å². The minimum Gasteiger partial charge on any atom is -0.363 e. The fourth-order valence-electron chi connectivity index (χ4n) is 1.60. The van der Waals surface area contributed by atoms with Crippen LogP contribution in [-0.2, 0) is 4.79 Å². The zero-order valence-electron chi connectivity index (χ0n) is 12.6. The second-order valence-electron chi connectivity index (χ2n) is 4.44. The topological polar surface area (TPSA) is 114 Å². The highest BCUT2D eigenvalue weighted by Crippen LogP contribution is 2.15. The number of carbonyl (C=O) groups excluding carboxylic acids is 2. The van der Waals surface area contributed by atoms with E-state index in [1.165, 1.54) is 23.2 Å². The number of aliphatic imine (C=N–C) groups is 1. The lowest BCUT2D eigenvalue weighted by atomic mass is 10.3. The Labute approximate surface area is 142 Å². The largest absolute Gasteiger partial charge is 0.363 e. The van der Waals surface area contributed by atoms with Gasteiger partial charge in [0, 0.05) is 31.2 Å². The van der Waals surface area contributed by atoms with Crippen LogP contribution in [0, 0.1) is 0 Å². The number of nitrogens with two attached hydrogens (primary N) is 1. The van der Waals surface area contributed by atoms with Crippen LogP contribution in [0.2, 0.25) is 0 Å². The van der Waals surface area contributed by atoms with Gasteiger partial charge in [0.15, 0.2) is 11.6 Å². The van der Waals surface area contributed by atoms with Gasteiger partial charge in [-0.1, -0.05) is 12.1 Å². The molecule has 0 saturated heterocycles. The van der Waals surface area contributed by atoms with Gasteiger partial charge in [0.1, 0.15) is 0 Å². The Kier molecular flexibility index (Phi) is 6.54. The Balaban J connectivity index is 0.000000132. The molecule has 0 fully saturated rings. The monoisotopic (exact) mass is 341 g/mol. The molecule has 2 aromatic heterocycles. The quantitative estimate of drug-likeness (QED) is 0.707. The number of rotatable bonds is 1. The van der Waals surface area contributed by atoms with E-state index in [4.69, 9.17) is 5.73 Å². The molecular weight excluding hydrogens is 326 g/mol. The third-order valence-corrected chi connectivity index (χ3v) is 3.52. The molecule has 1 aliphatic heterocycles. The molecule has 4 rings (SSSR count). The van der Waals surface area contributed by atoms with Gasteiger partial charge in [-0.25, -0.2) is 9.97 Å². The number of amides is 1. The SMILES string of the molecule is NC(=O)c1ncc[nH]1.O=C1C=CN=CC1.c1ccc2scnc2c1. The average Bonchev–Trinajstić information content (AvgIpc) is 3.28. The molecule has 122 valence electrons. The van der Waals surface area contributed by atoms with Crippen LogP contribution in [0.15, 0.2) is 59.4 Å². The third kappa shape index (κ3) is 5.58. The minimum atomic E-state index is -0.532. The van der Waals surface area contributed by atoms with Crippen molar-refractivity contribution in [3.63, 3.8) is 0 Å². The number of thiazole rings is 1. The first-order valence-corrected chi connectivity index (χ1v) is 7.83. The van der Waals surface area contributed by atoms with E-state index in [2.05, 4.69) is 26.0 Å². The van der Waals surface area contributed by atoms with Crippen LogP contribution < -0.4 is 5.73 Å². The second-order valence-corrected chi connectivity index (χ2v) is 5.33. The molecule has 8 heteroatoms. The van der Waals surface area contributed by atoms with Gasteiger partial charge in [-0.2, -0.15) is 0 Å². The normalized spacial score (nSPS) is 12.1. The zero-order chi connectivity index (χ0) is 17.2. The summed E-state index contributed by atoms with van der Waals surface area (Å²) in [6, 6.07) is 8.13. The lowest BCUT2D eigenvalue weighted by Crippen LogP contribution is -2.12. The molecule has 0 unspecified atom stereocenters. The molecule has 0 radical (unpaired) electrons. The molecule has 24 heavy (non-hydrogen) atoms. The molecule has 1 aromatic carbocycles. The number of imidazole rings is 1. The fourth-order valence-corrected chi connectivity index (χ4v) is 2.28. The van der Waals surface area contributed by atoms with Crippen LogP contribution >= 0.6 is 11.3 Å². The van der Waals surface area contributed by atoms with Crippen molar-refractivity contribution in [2.45, 2.75) is 6.42 Å². The summed E-state index contributed by atoms with van der Waals surface area (Å²) in [5, 5.41) is 0. The molecule has 0 saturated carbocycles. The van der Waals surface area contributed by atoms with Crippen molar-refractivity contribution in [3.8, 4) is 0 Å². The molecular formula is C16H15N5O2S. The number of primary amides is 1. The Morgan fingerprint density at radius 3 is 2.58 bits per heavy atom. The Bertz CT molecular complexity index is 822. The van der Waals surface area contributed by atoms with Gasteiger partial charge in [-0.15, -0.1) is 11.3 Å². The van der Waals surface area contributed by atoms with Crippen molar-refractivity contribution < 1.29 is 9.59 Å². The Morgan fingerprint density at radius 1 is 1.25 bits per heavy atom. The summed E-state index contributed by atoms with van der Waals surface area (Å²) >= 11 is 1.68. The van der Waals surface area contributed by atoms with Gasteiger partial charge in [-0.05, 0) is 18.2 Å². The van der Waals surface area contributed by atoms with E-state index in [9.17, 15) is 9.59 Å². The third-order valence-electron chi connectivity index (χ3n) is 2.71. The summed E-state index contributed by atoms with van der Waals surface area (Å²) in [6.07, 6.45) is 8.06. The van der Waals surface area contributed by atoms with E-state index >= 15 is 0 Å². The highest BCUT2D eigenvalue weighted by atomic mass is 32.1. The van der Waals surface area contributed by atoms with E-state index in [0.29, 0.717) is 6.42 Å². The maximum atomic E-state index is 10.3. The second kappa shape index (κ2) is 9.11. The number of allylic oxidation sites excluding steroid dienone is 1. The summed E-state index contributed by atoms with van der Waals surface area (Å²) in [5.41, 5.74) is 7.79. The first-order valence-electron chi connectivity index (χ1n) is 6.95. The van der Waals surface area contributed by atoms with Crippen LogP contribution in [0.4, 0.5) is 0 Å². The molecule has 3 aromatic rings. The smallest absolute Gasteiger partial charge is 0.284 e. The molecule has 1 amide bonds. The number of fused-ring (bicyclic) bond motifs is 1. The fraction of sp³-hybridized carbons (Fsp3) is 0.0625. The molecule has 3 N–H and O–H groups in total. The lowest BCUT2D eigenvalue weighted by molar-refractivity contribution is -0.113. The summed E-state index contributed by atoms with van der Waals surface area (Å²) < 4.78 is 1.26. The van der Waals surface area contributed by atoms with E-state index in [-0.39, 0.29) is 11.6 Å². The number of ketones is 1. The van der Waals surface area contributed by atoms with E-state index in [1.807, 2.05) is 23.7 Å². The van der Waals surface area contributed by atoms with Crippen molar-refractivity contribution in [2.75, 3.05) is 0 Å². The number of nitrogens with zero attached hydrogens (tertiary/aromatic N) is 3. The standard InChI is InChI=1S/C7H5NS.C5H5NO.C4H5N3O/c1-2-4-7-6(3-1)8-5-9-7;7-5-1-3-6-4-2-5;5-3(8)4-6-1-2-7-4/h1-5H;1,3-4H,2H2;1-2H,(H2,5,8)(H,6,7). The number of aromatic nitrogens is 3. The highest BCUT2D eigenvalue weighted by Gasteiger charge is 1.97. The lowest BCUT2D eigenvalue weighted by Gasteiger charge is -1.88. The van der Waals surface area contributed by atoms with Crippen molar-refractivity contribution in [1.29, 1.82) is 0 Å². The van der Waals surface area contributed by atoms with Crippen LogP contribution in [0.5, 0.6) is 0 Å². The predicted molar refractivity (Wildman–Crippen MR) is 94.0 cm³/mol. The number of hydrogen-bond acceptors (Lipinski definition) is 6. The Morgan fingerprint density at radius 2 is 2.08 bits per heavy atom. The summed E-state index contributed by atoms with van der Waals surface area (Å²) in [6.45, 7) is 0. The van der Waals surface area contributed by atoms with Crippen LogP contribution in [0.25, 0.3) is 10.2 Å². The maximum absolute atomic E-state index is 10.3. The summed E-state index contributed by atoms with van der Waals surface area (Å²) in [7, 11) is 0. The van der Waals surface area contributed by atoms with Gasteiger partial charge in [0.25, 0.3) is 5.91 Å². The number of para-hydroxylation sites is 1. The van der Waals surface area contributed by atoms with Crippen molar-refractivity contribution in [1.82, 2.24) is 15.0 Å². The summed E-state index contributed by atoms with van der Waals surface area (Å²) in [4.78, 5) is 34.5. The molecule has 0 atom stereocenters. The predicted octanol–water partition coefficient (Wildman–Crippen LogP) is 2.35. The van der Waals surface area contributed by atoms with Crippen LogP contribution in [0.1, 0.15) is 17.0 Å². The zero-order valence-corrected chi connectivity index (χ0v) is 13.4. The first kappa shape index (κ1) is 17.2. The van der Waals surface area contributed by atoms with Crippen LogP contribution in [0.3, 0.4) is 0 Å². The molecule has 1 aliphatic rings. The van der Waals surface area contributed by atoms with Crippen molar-refractivity contribution in [2.24, 2.45) is 10.7 Å². The Hall–Kier alpha value is -3.13. The highest BCUT2D eigenvalue weighted by molar-refractivity contribution is 7.16. The van der Waals surface area contributed by atoms with E-state index < -0.39 is 5.91 Å². The number of hydrogen-bond donors (Lipinski definition) is 2. The van der Waals surface area contributed by atoms with Crippen molar-refractivity contribution >= 4 is 39.5 Å². The average molecular weight is 341 g/mol. The van der Waals surface area contributed by atoms with Gasteiger partial charge < -0.3 is 10.7 Å². The van der Waals surface area contributed by atoms with Gasteiger partial charge in [-0.3, -0.25) is 14.6 Å². The van der Waals surface area contributed by atoms with Gasteiger partial charge in [0.2, 0.25) is 0 Å². The molecule has 7 nitrogen and oxygen atoms in total. The summed E-state index contributed by atoms with van der Waals surface area (Å²) in [5.74, 6) is -0.199.